The Morgan fingerprint density at radius 1 is 1.39 bits per heavy atom. The molecule has 18 heavy (non-hydrogen) atoms. The quantitative estimate of drug-likeness (QED) is 0.850. The Kier molecular flexibility index (Phi) is 3.99. The number of nitrogens with one attached hydrogen (secondary N) is 2. The summed E-state index contributed by atoms with van der Waals surface area (Å²) in [5.41, 5.74) is -0.0602. The van der Waals surface area contributed by atoms with Crippen molar-refractivity contribution in [1.82, 2.24) is 4.98 Å². The molecule has 1 aromatic heterocycles. The zero-order valence-corrected chi connectivity index (χ0v) is 10.7. The van der Waals surface area contributed by atoms with E-state index in [1.807, 2.05) is 30.3 Å². The van der Waals surface area contributed by atoms with E-state index in [-0.39, 0.29) is 5.56 Å². The predicted molar refractivity (Wildman–Crippen MR) is 74.1 cm³/mol. The summed E-state index contributed by atoms with van der Waals surface area (Å²) in [4.78, 5) is 14.7. The third-order valence-corrected chi connectivity index (χ3v) is 2.85. The predicted octanol–water partition coefficient (Wildman–Crippen LogP) is 2.22. The number of methoxy groups -OCH3 is 1. The first kappa shape index (κ1) is 12.6. The molecule has 0 saturated heterocycles. The van der Waals surface area contributed by atoms with E-state index < -0.39 is 0 Å². The molecular weight excluding hydrogens is 228 g/mol. The van der Waals surface area contributed by atoms with Crippen LogP contribution < -0.4 is 10.9 Å². The second-order valence-corrected chi connectivity index (χ2v) is 4.54. The van der Waals surface area contributed by atoms with Gasteiger partial charge in [-0.2, -0.15) is 0 Å². The lowest BCUT2D eigenvalue weighted by atomic mass is 10.1. The maximum atomic E-state index is 11.8. The van der Waals surface area contributed by atoms with Gasteiger partial charge in [0.25, 0.3) is 5.56 Å². The minimum atomic E-state index is -0.0602. The van der Waals surface area contributed by atoms with Crippen LogP contribution in [0, 0.1) is 5.92 Å². The van der Waals surface area contributed by atoms with E-state index in [0.29, 0.717) is 17.9 Å². The molecule has 2 aromatic rings. The summed E-state index contributed by atoms with van der Waals surface area (Å²) < 4.78 is 5.07. The lowest BCUT2D eigenvalue weighted by molar-refractivity contribution is 0.164. The molecule has 0 aliphatic carbocycles. The van der Waals surface area contributed by atoms with E-state index in [2.05, 4.69) is 17.2 Å². The molecule has 1 aromatic carbocycles. The Labute approximate surface area is 106 Å². The largest absolute Gasteiger partial charge is 0.384 e. The monoisotopic (exact) mass is 246 g/mol. The second kappa shape index (κ2) is 5.69. The third kappa shape index (κ3) is 2.90. The molecule has 0 bridgehead atoms. The van der Waals surface area contributed by atoms with Gasteiger partial charge >= 0.3 is 0 Å². The Balaban J connectivity index is 2.17. The molecule has 4 heteroatoms. The van der Waals surface area contributed by atoms with Crippen LogP contribution in [0.1, 0.15) is 6.92 Å². The van der Waals surface area contributed by atoms with E-state index in [4.69, 9.17) is 4.74 Å². The van der Waals surface area contributed by atoms with E-state index in [1.165, 1.54) is 0 Å². The molecule has 2 N–H and O–H groups in total. The number of rotatable bonds is 5. The molecule has 0 spiro atoms. The first-order valence-corrected chi connectivity index (χ1v) is 6.05. The highest BCUT2D eigenvalue weighted by molar-refractivity contribution is 5.83. The normalized spacial score (nSPS) is 12.6. The van der Waals surface area contributed by atoms with Gasteiger partial charge in [0.1, 0.15) is 5.82 Å². The number of hydrogen-bond donors (Lipinski definition) is 2. The van der Waals surface area contributed by atoms with Gasteiger partial charge in [0.05, 0.1) is 6.61 Å². The number of benzene rings is 1. The molecular formula is C14H18N2O2. The number of hydrogen-bond acceptors (Lipinski definition) is 3. The highest BCUT2D eigenvalue weighted by Crippen LogP contribution is 2.12. The van der Waals surface area contributed by atoms with Crippen LogP contribution in [-0.4, -0.2) is 25.2 Å². The number of pyridine rings is 1. The Bertz CT molecular complexity index is 577. The molecule has 2 rings (SSSR count). The van der Waals surface area contributed by atoms with E-state index in [1.54, 1.807) is 7.11 Å². The van der Waals surface area contributed by atoms with Crippen LogP contribution in [0.2, 0.25) is 0 Å². The maximum Gasteiger partial charge on any atom is 0.257 e. The molecule has 0 aliphatic heterocycles. The summed E-state index contributed by atoms with van der Waals surface area (Å²) in [5.74, 6) is 1.15. The van der Waals surface area contributed by atoms with Crippen molar-refractivity contribution in [1.29, 1.82) is 0 Å². The average molecular weight is 246 g/mol. The van der Waals surface area contributed by atoms with Crippen LogP contribution in [0.4, 0.5) is 5.82 Å². The smallest absolute Gasteiger partial charge is 0.257 e. The van der Waals surface area contributed by atoms with Crippen LogP contribution >= 0.6 is 0 Å². The summed E-state index contributed by atoms with van der Waals surface area (Å²) in [6.45, 7) is 3.56. The van der Waals surface area contributed by atoms with Crippen molar-refractivity contribution < 1.29 is 4.74 Å². The maximum absolute atomic E-state index is 11.8. The topological polar surface area (TPSA) is 54.1 Å². The van der Waals surface area contributed by atoms with Gasteiger partial charge in [0, 0.05) is 19.0 Å². The first-order valence-electron chi connectivity index (χ1n) is 6.05. The molecule has 0 amide bonds. The van der Waals surface area contributed by atoms with Crippen LogP contribution in [0.3, 0.4) is 0 Å². The fourth-order valence-corrected chi connectivity index (χ4v) is 1.93. The van der Waals surface area contributed by atoms with Gasteiger partial charge in [0.2, 0.25) is 0 Å². The Morgan fingerprint density at radius 2 is 2.17 bits per heavy atom. The van der Waals surface area contributed by atoms with Gasteiger partial charge in [-0.15, -0.1) is 0 Å². The van der Waals surface area contributed by atoms with Crippen molar-refractivity contribution in [2.45, 2.75) is 6.92 Å². The summed E-state index contributed by atoms with van der Waals surface area (Å²) in [7, 11) is 1.69. The molecule has 1 unspecified atom stereocenters. The Morgan fingerprint density at radius 3 is 2.94 bits per heavy atom. The summed E-state index contributed by atoms with van der Waals surface area (Å²) >= 11 is 0. The van der Waals surface area contributed by atoms with Crippen LogP contribution in [0.5, 0.6) is 0 Å². The SMILES string of the molecule is COCC(C)CNc1cc2ccccc2c(=O)[nH]1. The van der Waals surface area contributed by atoms with Crippen LogP contribution in [-0.2, 0) is 4.74 Å². The minimum absolute atomic E-state index is 0.0602. The number of aromatic amines is 1. The van der Waals surface area contributed by atoms with Gasteiger partial charge in [-0.05, 0) is 23.4 Å². The van der Waals surface area contributed by atoms with Gasteiger partial charge in [-0.1, -0.05) is 25.1 Å². The number of fused-ring (bicyclic) bond motifs is 1. The van der Waals surface area contributed by atoms with Crippen molar-refractivity contribution in [2.75, 3.05) is 25.6 Å². The third-order valence-electron chi connectivity index (χ3n) is 2.85. The Hall–Kier alpha value is -1.81. The molecule has 0 fully saturated rings. The van der Waals surface area contributed by atoms with Gasteiger partial charge in [0.15, 0.2) is 0 Å². The second-order valence-electron chi connectivity index (χ2n) is 4.54. The van der Waals surface area contributed by atoms with Crippen molar-refractivity contribution in [3.8, 4) is 0 Å². The molecule has 0 radical (unpaired) electrons. The van der Waals surface area contributed by atoms with Gasteiger partial charge < -0.3 is 15.0 Å². The molecule has 4 nitrogen and oxygen atoms in total. The van der Waals surface area contributed by atoms with E-state index in [9.17, 15) is 4.79 Å². The number of ether oxygens (including phenoxy) is 1. The molecule has 0 saturated carbocycles. The van der Waals surface area contributed by atoms with E-state index >= 15 is 0 Å². The fraction of sp³-hybridized carbons (Fsp3) is 0.357. The van der Waals surface area contributed by atoms with Crippen LogP contribution in [0.15, 0.2) is 35.1 Å². The lowest BCUT2D eigenvalue weighted by Gasteiger charge is -2.12. The zero-order valence-electron chi connectivity index (χ0n) is 10.7. The summed E-state index contributed by atoms with van der Waals surface area (Å²) in [6, 6.07) is 9.51. The highest BCUT2D eigenvalue weighted by Gasteiger charge is 2.03. The zero-order chi connectivity index (χ0) is 13.0. The molecule has 96 valence electrons. The summed E-state index contributed by atoms with van der Waals surface area (Å²) in [6.07, 6.45) is 0. The van der Waals surface area contributed by atoms with Crippen molar-refractivity contribution in [3.05, 3.63) is 40.7 Å². The molecule has 1 atom stereocenters. The number of anilines is 1. The van der Waals surface area contributed by atoms with Crippen molar-refractivity contribution in [3.63, 3.8) is 0 Å². The van der Waals surface area contributed by atoms with E-state index in [0.717, 1.165) is 17.7 Å². The standard InChI is InChI=1S/C14H18N2O2/c1-10(9-18-2)8-15-13-7-11-5-3-4-6-12(11)14(17)16-13/h3-7,10H,8-9H2,1-2H3,(H2,15,16,17). The average Bonchev–Trinajstić information content (AvgIpc) is 2.37. The van der Waals surface area contributed by atoms with Crippen LogP contribution in [0.25, 0.3) is 10.8 Å². The van der Waals surface area contributed by atoms with Gasteiger partial charge in [-0.25, -0.2) is 0 Å². The number of H-pyrrole nitrogens is 1. The minimum Gasteiger partial charge on any atom is -0.384 e. The highest BCUT2D eigenvalue weighted by atomic mass is 16.5. The lowest BCUT2D eigenvalue weighted by Crippen LogP contribution is -2.18. The van der Waals surface area contributed by atoms with Crippen molar-refractivity contribution >= 4 is 16.6 Å². The van der Waals surface area contributed by atoms with Gasteiger partial charge in [-0.3, -0.25) is 4.79 Å². The first-order chi connectivity index (χ1) is 8.70. The molecule has 0 aliphatic rings. The van der Waals surface area contributed by atoms with Crippen molar-refractivity contribution in [2.24, 2.45) is 5.92 Å². The summed E-state index contributed by atoms with van der Waals surface area (Å²) in [5, 5.41) is 4.89. The number of aromatic nitrogens is 1. The fourth-order valence-electron chi connectivity index (χ4n) is 1.93. The molecule has 1 heterocycles.